The van der Waals surface area contributed by atoms with Gasteiger partial charge in [0.1, 0.15) is 0 Å². The van der Waals surface area contributed by atoms with Crippen molar-refractivity contribution in [1.29, 1.82) is 0 Å². The van der Waals surface area contributed by atoms with Crippen LogP contribution in [0.1, 0.15) is 31.1 Å². The highest BCUT2D eigenvalue weighted by Crippen LogP contribution is 2.36. The van der Waals surface area contributed by atoms with Crippen molar-refractivity contribution in [2.24, 2.45) is 0 Å². The summed E-state index contributed by atoms with van der Waals surface area (Å²) in [6.07, 6.45) is 0. The van der Waals surface area contributed by atoms with Gasteiger partial charge in [0.2, 0.25) is 5.91 Å². The largest absolute Gasteiger partial charge is 0.333 e. The smallest absolute Gasteiger partial charge is 0.254 e. The predicted molar refractivity (Wildman–Crippen MR) is 95.6 cm³/mol. The summed E-state index contributed by atoms with van der Waals surface area (Å²) < 4.78 is 0. The molecule has 0 aromatic heterocycles. The number of hydrogen-bond acceptors (Lipinski definition) is 4. The molecule has 1 fully saturated rings. The van der Waals surface area contributed by atoms with E-state index in [0.717, 1.165) is 17.1 Å². The van der Waals surface area contributed by atoms with Gasteiger partial charge in [-0.3, -0.25) is 9.59 Å². The molecule has 5 nitrogen and oxygen atoms in total. The number of amides is 2. The third-order valence-electron chi connectivity index (χ3n) is 4.45. The zero-order valence-corrected chi connectivity index (χ0v) is 15.1. The van der Waals surface area contributed by atoms with Crippen LogP contribution >= 0.6 is 24.2 Å². The number of benzene rings is 1. The van der Waals surface area contributed by atoms with Gasteiger partial charge in [0.15, 0.2) is 0 Å². The number of rotatable bonds is 1. The molecule has 0 aliphatic carbocycles. The number of halogens is 1. The van der Waals surface area contributed by atoms with E-state index in [9.17, 15) is 9.59 Å². The Morgan fingerprint density at radius 3 is 2.78 bits per heavy atom. The molecular formula is C16H22ClN3O2S. The third kappa shape index (κ3) is 3.49. The molecule has 0 radical (unpaired) electrons. The van der Waals surface area contributed by atoms with Gasteiger partial charge < -0.3 is 15.5 Å². The number of piperazine rings is 1. The van der Waals surface area contributed by atoms with E-state index in [-0.39, 0.29) is 41.6 Å². The Morgan fingerprint density at radius 1 is 1.30 bits per heavy atom. The first-order valence-electron chi connectivity index (χ1n) is 7.63. The molecule has 2 heterocycles. The van der Waals surface area contributed by atoms with Gasteiger partial charge in [-0.25, -0.2) is 0 Å². The minimum atomic E-state index is -0.0944. The van der Waals surface area contributed by atoms with E-state index in [0.29, 0.717) is 12.1 Å². The van der Waals surface area contributed by atoms with Crippen LogP contribution < -0.4 is 10.6 Å². The minimum Gasteiger partial charge on any atom is -0.333 e. The molecule has 2 N–H and O–H groups in total. The standard InChI is InChI=1S/C16H21N3O2S.ClH/c1-9-10(2)19(7-6-17-9)16(21)12-4-5-14-13(8-12)18-15(20)11(3)22-14;/h4-5,8-11,17H,6-7H2,1-3H3,(H,18,20);1H. The summed E-state index contributed by atoms with van der Waals surface area (Å²) in [7, 11) is 0. The Hall–Kier alpha value is -1.24. The molecule has 1 aromatic rings. The lowest BCUT2D eigenvalue weighted by atomic mass is 10.0. The van der Waals surface area contributed by atoms with Crippen molar-refractivity contribution >= 4 is 41.7 Å². The zero-order chi connectivity index (χ0) is 15.9. The van der Waals surface area contributed by atoms with Gasteiger partial charge in [-0.15, -0.1) is 24.2 Å². The van der Waals surface area contributed by atoms with Crippen LogP contribution in [0.3, 0.4) is 0 Å². The molecule has 0 spiro atoms. The first-order chi connectivity index (χ1) is 10.5. The molecule has 23 heavy (non-hydrogen) atoms. The molecule has 1 aromatic carbocycles. The number of fused-ring (bicyclic) bond motifs is 1. The first kappa shape index (κ1) is 18.1. The van der Waals surface area contributed by atoms with Crippen molar-refractivity contribution in [3.8, 4) is 0 Å². The maximum absolute atomic E-state index is 12.8. The quantitative estimate of drug-likeness (QED) is 0.811. The van der Waals surface area contributed by atoms with Crippen LogP contribution in [0.2, 0.25) is 0 Å². The Kier molecular flexibility index (Phi) is 5.60. The Morgan fingerprint density at radius 2 is 2.04 bits per heavy atom. The van der Waals surface area contributed by atoms with Gasteiger partial charge in [0.05, 0.1) is 10.9 Å². The van der Waals surface area contributed by atoms with Gasteiger partial charge in [-0.05, 0) is 39.0 Å². The SMILES string of the molecule is CC1Sc2ccc(C(=O)N3CCNC(C)C3C)cc2NC1=O.Cl. The summed E-state index contributed by atoms with van der Waals surface area (Å²) in [5.74, 6) is 0.0211. The van der Waals surface area contributed by atoms with Crippen LogP contribution in [0.4, 0.5) is 5.69 Å². The van der Waals surface area contributed by atoms with E-state index in [4.69, 9.17) is 0 Å². The minimum absolute atomic E-state index is 0. The molecule has 0 saturated carbocycles. The van der Waals surface area contributed by atoms with Gasteiger partial charge in [-0.1, -0.05) is 0 Å². The fraction of sp³-hybridized carbons (Fsp3) is 0.500. The van der Waals surface area contributed by atoms with Crippen molar-refractivity contribution in [3.63, 3.8) is 0 Å². The van der Waals surface area contributed by atoms with Crippen LogP contribution in [-0.2, 0) is 4.79 Å². The normalized spacial score (nSPS) is 26.8. The third-order valence-corrected chi connectivity index (χ3v) is 5.63. The van der Waals surface area contributed by atoms with E-state index in [1.54, 1.807) is 6.07 Å². The molecule has 0 bridgehead atoms. The molecule has 3 atom stereocenters. The van der Waals surface area contributed by atoms with Gasteiger partial charge in [0, 0.05) is 35.6 Å². The summed E-state index contributed by atoms with van der Waals surface area (Å²) in [6, 6.07) is 6.03. The van der Waals surface area contributed by atoms with Crippen molar-refractivity contribution in [2.45, 2.75) is 43.0 Å². The molecule has 3 unspecified atom stereocenters. The van der Waals surface area contributed by atoms with E-state index < -0.39 is 0 Å². The molecule has 1 saturated heterocycles. The number of carbonyl (C=O) groups excluding carboxylic acids is 2. The number of nitrogens with one attached hydrogen (secondary N) is 2. The molecule has 3 rings (SSSR count). The second kappa shape index (κ2) is 7.11. The second-order valence-electron chi connectivity index (χ2n) is 5.94. The highest BCUT2D eigenvalue weighted by atomic mass is 35.5. The number of thioether (sulfide) groups is 1. The van der Waals surface area contributed by atoms with Crippen LogP contribution in [0, 0.1) is 0 Å². The van der Waals surface area contributed by atoms with Crippen LogP contribution in [0.15, 0.2) is 23.1 Å². The van der Waals surface area contributed by atoms with E-state index in [1.807, 2.05) is 24.0 Å². The summed E-state index contributed by atoms with van der Waals surface area (Å²) in [5, 5.41) is 6.17. The maximum atomic E-state index is 12.8. The number of carbonyl (C=O) groups is 2. The summed E-state index contributed by atoms with van der Waals surface area (Å²) in [6.45, 7) is 7.55. The Labute approximate surface area is 147 Å². The van der Waals surface area contributed by atoms with Crippen molar-refractivity contribution in [2.75, 3.05) is 18.4 Å². The van der Waals surface area contributed by atoms with E-state index >= 15 is 0 Å². The highest BCUT2D eigenvalue weighted by Gasteiger charge is 2.30. The topological polar surface area (TPSA) is 61.4 Å². The van der Waals surface area contributed by atoms with E-state index in [2.05, 4.69) is 24.5 Å². The summed E-state index contributed by atoms with van der Waals surface area (Å²) in [5.41, 5.74) is 1.38. The first-order valence-corrected chi connectivity index (χ1v) is 8.51. The lowest BCUT2D eigenvalue weighted by Gasteiger charge is -2.38. The van der Waals surface area contributed by atoms with Crippen molar-refractivity contribution in [1.82, 2.24) is 10.2 Å². The maximum Gasteiger partial charge on any atom is 0.254 e. The average Bonchev–Trinajstić information content (AvgIpc) is 2.50. The van der Waals surface area contributed by atoms with Crippen LogP contribution in [0.5, 0.6) is 0 Å². The highest BCUT2D eigenvalue weighted by molar-refractivity contribution is 8.00. The van der Waals surface area contributed by atoms with Crippen molar-refractivity contribution < 1.29 is 9.59 Å². The summed E-state index contributed by atoms with van der Waals surface area (Å²) >= 11 is 1.53. The monoisotopic (exact) mass is 355 g/mol. The lowest BCUT2D eigenvalue weighted by molar-refractivity contribution is -0.115. The number of anilines is 1. The van der Waals surface area contributed by atoms with Crippen molar-refractivity contribution in [3.05, 3.63) is 23.8 Å². The second-order valence-corrected chi connectivity index (χ2v) is 7.32. The molecule has 2 amide bonds. The van der Waals surface area contributed by atoms with Crippen LogP contribution in [-0.4, -0.2) is 47.1 Å². The average molecular weight is 356 g/mol. The predicted octanol–water partition coefficient (Wildman–Crippen LogP) is 2.36. The fourth-order valence-electron chi connectivity index (χ4n) is 2.85. The number of hydrogen-bond donors (Lipinski definition) is 2. The Balaban J connectivity index is 0.00000192. The van der Waals surface area contributed by atoms with Crippen LogP contribution in [0.25, 0.3) is 0 Å². The van der Waals surface area contributed by atoms with E-state index in [1.165, 1.54) is 11.8 Å². The molecule has 2 aliphatic rings. The summed E-state index contributed by atoms with van der Waals surface area (Å²) in [4.78, 5) is 27.5. The zero-order valence-electron chi connectivity index (χ0n) is 13.5. The molecule has 126 valence electrons. The number of nitrogens with zero attached hydrogens (tertiary/aromatic N) is 1. The molecular weight excluding hydrogens is 334 g/mol. The molecule has 2 aliphatic heterocycles. The fourth-order valence-corrected chi connectivity index (χ4v) is 3.78. The lowest BCUT2D eigenvalue weighted by Crippen LogP contribution is -2.57. The van der Waals surface area contributed by atoms with Gasteiger partial charge in [-0.2, -0.15) is 0 Å². The Bertz CT molecular complexity index is 625. The van der Waals surface area contributed by atoms with Gasteiger partial charge >= 0.3 is 0 Å². The van der Waals surface area contributed by atoms with Gasteiger partial charge in [0.25, 0.3) is 5.91 Å². The molecule has 7 heteroatoms.